The van der Waals surface area contributed by atoms with Crippen molar-refractivity contribution in [3.8, 4) is 0 Å². The molecule has 0 fully saturated rings. The van der Waals surface area contributed by atoms with Gasteiger partial charge in [-0.25, -0.2) is 8.42 Å². The van der Waals surface area contributed by atoms with Crippen LogP contribution in [-0.2, 0) is 20.9 Å². The van der Waals surface area contributed by atoms with Gasteiger partial charge in [-0.1, -0.05) is 95.6 Å². The minimum absolute atomic E-state index is 0.135. The summed E-state index contributed by atoms with van der Waals surface area (Å²) in [6, 6.07) is 23.7. The van der Waals surface area contributed by atoms with Gasteiger partial charge < -0.3 is 4.55 Å². The summed E-state index contributed by atoms with van der Waals surface area (Å²) in [5, 5.41) is 3.06. The van der Waals surface area contributed by atoms with Gasteiger partial charge in [0.1, 0.15) is 10.1 Å². The van der Waals surface area contributed by atoms with Crippen LogP contribution >= 0.6 is 8.58 Å². The number of hydrogen-bond donors (Lipinski definition) is 0. The minimum Gasteiger partial charge on any atom is -0.744 e. The normalized spacial score (nSPS) is 12.1. The first-order valence-corrected chi connectivity index (χ1v) is 13.3. The predicted molar refractivity (Wildman–Crippen MR) is 138 cm³/mol. The molecule has 0 aromatic heterocycles. The van der Waals surface area contributed by atoms with Crippen LogP contribution in [0.1, 0.15) is 58.2 Å². The molecule has 0 N–H and O–H groups in total. The smallest absolute Gasteiger partial charge is 0.124 e. The summed E-state index contributed by atoms with van der Waals surface area (Å²) in [4.78, 5) is -0.178. The van der Waals surface area contributed by atoms with Crippen LogP contribution in [0.2, 0.25) is 0 Å². The Kier molecular flexibility index (Phi) is 8.44. The van der Waals surface area contributed by atoms with E-state index >= 15 is 0 Å². The molecule has 0 heterocycles. The van der Waals surface area contributed by atoms with E-state index in [-0.39, 0.29) is 24.3 Å². The maximum absolute atomic E-state index is 10.4. The highest BCUT2D eigenvalue weighted by Gasteiger charge is 2.24. The third kappa shape index (κ3) is 7.55. The number of aryl methyl sites for hydroxylation is 1. The van der Waals surface area contributed by atoms with Crippen molar-refractivity contribution in [2.24, 2.45) is 0 Å². The van der Waals surface area contributed by atoms with E-state index < -0.39 is 10.1 Å². The molecule has 0 atom stereocenters. The summed E-state index contributed by atoms with van der Waals surface area (Å²) in [6.45, 7) is 15.7. The molecule has 0 aliphatic heterocycles. The van der Waals surface area contributed by atoms with Gasteiger partial charge in [0.15, 0.2) is 0 Å². The van der Waals surface area contributed by atoms with Crippen LogP contribution in [0.15, 0.2) is 77.7 Å². The summed E-state index contributed by atoms with van der Waals surface area (Å²) >= 11 is 0. The molecule has 0 aliphatic carbocycles. The van der Waals surface area contributed by atoms with Crippen LogP contribution in [0.25, 0.3) is 0 Å². The van der Waals surface area contributed by atoms with Crippen molar-refractivity contribution in [1.29, 1.82) is 0 Å². The molecule has 0 aliphatic rings. The Morgan fingerprint density at radius 1 is 0.656 bits per heavy atom. The maximum atomic E-state index is 10.4. The summed E-state index contributed by atoms with van der Waals surface area (Å²) in [5.41, 5.74) is 4.32. The highest BCUT2D eigenvalue weighted by atomic mass is 32.2. The fraction of sp³-hybridized carbons (Fsp3) is 0.333. The molecule has 0 radical (unpaired) electrons. The van der Waals surface area contributed by atoms with Crippen molar-refractivity contribution in [3.05, 3.63) is 89.5 Å². The molecule has 3 aromatic rings. The van der Waals surface area contributed by atoms with Crippen molar-refractivity contribution in [2.75, 3.05) is 0 Å². The lowest BCUT2D eigenvalue weighted by Crippen LogP contribution is -2.24. The summed E-state index contributed by atoms with van der Waals surface area (Å²) < 4.78 is 31.2. The second-order valence-corrected chi connectivity index (χ2v) is 13.0. The van der Waals surface area contributed by atoms with Gasteiger partial charge in [-0.3, -0.25) is 0 Å². The standard InChI is InChI=1S/C20H27P.C7H8O3S/c1-19(2,3)15-11-7-9-13-17(15)21-18-14-10-8-12-16(18)20(4,5)6;1-6-2-4-7(5-3-6)11(8,9)10/h7-14,21H,1-6H3;2-5H,1H3,(H,8,9,10). The average Bonchev–Trinajstić information content (AvgIpc) is 2.67. The van der Waals surface area contributed by atoms with E-state index in [4.69, 9.17) is 0 Å². The lowest BCUT2D eigenvalue weighted by Gasteiger charge is -2.22. The van der Waals surface area contributed by atoms with Crippen LogP contribution in [0.5, 0.6) is 0 Å². The first-order chi connectivity index (χ1) is 14.7. The minimum atomic E-state index is -4.27. The highest BCUT2D eigenvalue weighted by molar-refractivity contribution is 7.85. The van der Waals surface area contributed by atoms with E-state index in [9.17, 15) is 13.0 Å². The lowest BCUT2D eigenvalue weighted by atomic mass is 9.87. The molecule has 3 nitrogen and oxygen atoms in total. The molecular weight excluding hydrogens is 435 g/mol. The molecule has 3 rings (SSSR count). The Morgan fingerprint density at radius 2 is 1.03 bits per heavy atom. The van der Waals surface area contributed by atoms with Crippen LogP contribution < -0.4 is 10.6 Å². The average molecular weight is 471 g/mol. The van der Waals surface area contributed by atoms with Gasteiger partial charge in [-0.2, -0.15) is 0 Å². The van der Waals surface area contributed by atoms with E-state index in [1.807, 2.05) is 6.92 Å². The Hall–Kier alpha value is -2.00. The Labute approximate surface area is 195 Å². The molecule has 0 amide bonds. The van der Waals surface area contributed by atoms with Gasteiger partial charge in [0.05, 0.1) is 24.1 Å². The molecule has 0 spiro atoms. The summed E-state index contributed by atoms with van der Waals surface area (Å²) in [6.07, 6.45) is 0. The van der Waals surface area contributed by atoms with E-state index in [0.29, 0.717) is 0 Å². The van der Waals surface area contributed by atoms with Crippen molar-refractivity contribution in [1.82, 2.24) is 0 Å². The SMILES string of the molecule is CC(C)(C)c1ccccc1[PH2+]c1ccccc1C(C)(C)C.Cc1ccc(S(=O)(=O)[O-])cc1. The molecule has 5 heteroatoms. The van der Waals surface area contributed by atoms with Gasteiger partial charge >= 0.3 is 0 Å². The Morgan fingerprint density at radius 3 is 1.38 bits per heavy atom. The van der Waals surface area contributed by atoms with Crippen molar-refractivity contribution in [2.45, 2.75) is 64.2 Å². The fourth-order valence-electron chi connectivity index (χ4n) is 3.48. The van der Waals surface area contributed by atoms with Gasteiger partial charge in [-0.05, 0) is 53.1 Å². The summed E-state index contributed by atoms with van der Waals surface area (Å²) in [7, 11) is -4.13. The van der Waals surface area contributed by atoms with Crippen molar-refractivity contribution < 1.29 is 13.0 Å². The van der Waals surface area contributed by atoms with E-state index in [1.165, 1.54) is 33.9 Å². The maximum Gasteiger partial charge on any atom is 0.124 e. The first-order valence-electron chi connectivity index (χ1n) is 10.8. The molecule has 32 heavy (non-hydrogen) atoms. The van der Waals surface area contributed by atoms with E-state index in [1.54, 1.807) is 12.1 Å². The van der Waals surface area contributed by atoms with Crippen molar-refractivity contribution >= 4 is 29.3 Å². The Bertz CT molecular complexity index is 1080. The molecule has 0 saturated heterocycles. The Balaban J connectivity index is 0.000000278. The predicted octanol–water partition coefficient (Wildman–Crippen LogP) is 5.54. The van der Waals surface area contributed by atoms with Crippen LogP contribution in [0.3, 0.4) is 0 Å². The van der Waals surface area contributed by atoms with Crippen LogP contribution in [-0.4, -0.2) is 13.0 Å². The number of benzene rings is 3. The molecule has 0 bridgehead atoms. The summed E-state index contributed by atoms with van der Waals surface area (Å²) in [5.74, 6) is 0. The zero-order valence-corrected chi connectivity index (χ0v) is 22.1. The third-order valence-corrected chi connectivity index (χ3v) is 7.64. The monoisotopic (exact) mass is 470 g/mol. The quantitative estimate of drug-likeness (QED) is 0.373. The molecule has 3 aromatic carbocycles. The third-order valence-electron chi connectivity index (χ3n) is 5.16. The van der Waals surface area contributed by atoms with Gasteiger partial charge in [-0.15, -0.1) is 0 Å². The molecule has 0 unspecified atom stereocenters. The molecule has 172 valence electrons. The largest absolute Gasteiger partial charge is 0.744 e. The zero-order valence-electron chi connectivity index (χ0n) is 20.1. The molecule has 0 saturated carbocycles. The number of hydrogen-bond acceptors (Lipinski definition) is 3. The van der Waals surface area contributed by atoms with Gasteiger partial charge in [0, 0.05) is 0 Å². The van der Waals surface area contributed by atoms with Crippen LogP contribution in [0.4, 0.5) is 0 Å². The van der Waals surface area contributed by atoms with Crippen LogP contribution in [0, 0.1) is 6.92 Å². The number of rotatable bonds is 3. The topological polar surface area (TPSA) is 57.2 Å². The molecular formula is C27H35O3PS. The second kappa shape index (κ2) is 10.3. The van der Waals surface area contributed by atoms with Crippen molar-refractivity contribution in [3.63, 3.8) is 0 Å². The van der Waals surface area contributed by atoms with Gasteiger partial charge in [0.25, 0.3) is 0 Å². The van der Waals surface area contributed by atoms with Gasteiger partial charge in [0.2, 0.25) is 0 Å². The first kappa shape index (κ1) is 26.3. The van der Waals surface area contributed by atoms with E-state index in [0.717, 1.165) is 5.56 Å². The highest BCUT2D eigenvalue weighted by Crippen LogP contribution is 2.29. The second-order valence-electron chi connectivity index (χ2n) is 10.1. The fourth-order valence-corrected chi connectivity index (χ4v) is 6.07. The zero-order chi connectivity index (χ0) is 24.2. The van der Waals surface area contributed by atoms with E-state index in [2.05, 4.69) is 90.1 Å². The lowest BCUT2D eigenvalue weighted by molar-refractivity contribution is 0.463.